The third-order valence-corrected chi connectivity index (χ3v) is 1.49. The molecule has 0 aliphatic carbocycles. The Labute approximate surface area is 51.9 Å². The maximum Gasteiger partial charge on any atom is 0.183 e. The first kappa shape index (κ1) is 5.59. The lowest BCUT2D eigenvalue weighted by atomic mass is 10.4. The number of rotatable bonds is 1. The zero-order valence-electron chi connectivity index (χ0n) is 4.87. The van der Waals surface area contributed by atoms with Crippen LogP contribution in [0.5, 0.6) is 0 Å². The quantitative estimate of drug-likeness (QED) is 0.444. The van der Waals surface area contributed by atoms with Crippen molar-refractivity contribution >= 4 is 10.5 Å². The van der Waals surface area contributed by atoms with E-state index in [4.69, 9.17) is 4.53 Å². The average Bonchev–Trinajstić information content (AvgIpc) is 1.90. The van der Waals surface area contributed by atoms with Gasteiger partial charge in [0.1, 0.15) is 0 Å². The fourth-order valence-corrected chi connectivity index (χ4v) is 0.856. The molecule has 0 fully saturated rings. The Balaban J connectivity index is 2.40. The first-order chi connectivity index (χ1) is 3.93. The Bertz CT molecular complexity index is 122. The van der Waals surface area contributed by atoms with Crippen LogP contribution in [-0.4, -0.2) is 22.1 Å². The van der Waals surface area contributed by atoms with Gasteiger partial charge in [0.05, 0.1) is 6.54 Å². The maximum atomic E-state index is 5.03. The highest BCUT2D eigenvalue weighted by molar-refractivity contribution is 5.97. The van der Waals surface area contributed by atoms with Crippen LogP contribution in [0.3, 0.4) is 0 Å². The van der Waals surface area contributed by atoms with Crippen LogP contribution in [0.2, 0.25) is 0 Å². The molecule has 0 N–H and O–H groups in total. The molecule has 0 atom stereocenters. The monoisotopic (exact) mass is 127 g/mol. The molecule has 3 heteroatoms. The first-order valence-corrected chi connectivity index (χ1v) is 3.39. The van der Waals surface area contributed by atoms with Crippen molar-refractivity contribution in [3.63, 3.8) is 0 Å². The molecule has 0 radical (unpaired) electrons. The molecule has 0 amide bonds. The second-order valence-corrected chi connectivity index (χ2v) is 1.92. The van der Waals surface area contributed by atoms with E-state index in [1.807, 2.05) is 23.4 Å². The summed E-state index contributed by atoms with van der Waals surface area (Å²) >= 11 is 0. The molecule has 1 rings (SSSR count). The van der Waals surface area contributed by atoms with Crippen LogP contribution in [-0.2, 0) is 4.53 Å². The zero-order valence-corrected chi connectivity index (χ0v) is 6.87. The van der Waals surface area contributed by atoms with Gasteiger partial charge in [0, 0.05) is 6.20 Å². The molecule has 1 heterocycles. The van der Waals surface area contributed by atoms with E-state index >= 15 is 0 Å². The molecule has 0 saturated heterocycles. The summed E-state index contributed by atoms with van der Waals surface area (Å²) in [5, 5.41) is 1.81. The summed E-state index contributed by atoms with van der Waals surface area (Å²) < 4.78 is 5.03. The van der Waals surface area contributed by atoms with E-state index < -0.39 is 0 Å². The van der Waals surface area contributed by atoms with Gasteiger partial charge in [-0.3, -0.25) is 5.06 Å². The Morgan fingerprint density at radius 2 is 2.38 bits per heavy atom. The number of allylic oxidation sites excluding steroid dienone is 2. The molecular weight excluding hydrogens is 118 g/mol. The standard InChI is InChI=1S/C5H9NOSi/c8-7-6-4-2-1-3-5-6/h1-4H,5H2,8H3. The number of hydrogen-bond acceptors (Lipinski definition) is 2. The molecule has 0 bridgehead atoms. The zero-order chi connectivity index (χ0) is 5.82. The topological polar surface area (TPSA) is 12.5 Å². The molecular formula is C5H9NOSi. The molecule has 1 aliphatic heterocycles. The van der Waals surface area contributed by atoms with Crippen molar-refractivity contribution in [2.75, 3.05) is 6.54 Å². The normalized spacial score (nSPS) is 17.8. The van der Waals surface area contributed by atoms with Crippen molar-refractivity contribution in [3.8, 4) is 0 Å². The van der Waals surface area contributed by atoms with Gasteiger partial charge in [-0.2, -0.15) is 0 Å². The predicted octanol–water partition coefficient (Wildman–Crippen LogP) is -0.416. The summed E-state index contributed by atoms with van der Waals surface area (Å²) in [4.78, 5) is 0. The summed E-state index contributed by atoms with van der Waals surface area (Å²) in [5.74, 6) is 0. The molecule has 0 spiro atoms. The SMILES string of the molecule is [SiH3]ON1C=CC=CC1. The lowest BCUT2D eigenvalue weighted by molar-refractivity contribution is 0.0138. The largest absolute Gasteiger partial charge is 0.332 e. The van der Waals surface area contributed by atoms with E-state index in [9.17, 15) is 0 Å². The van der Waals surface area contributed by atoms with Gasteiger partial charge in [-0.15, -0.1) is 0 Å². The highest BCUT2D eigenvalue weighted by Crippen LogP contribution is 1.95. The third kappa shape index (κ3) is 1.21. The van der Waals surface area contributed by atoms with Gasteiger partial charge in [0.15, 0.2) is 10.5 Å². The second-order valence-electron chi connectivity index (χ2n) is 1.55. The van der Waals surface area contributed by atoms with Gasteiger partial charge in [-0.25, -0.2) is 0 Å². The number of hydroxylamine groups is 2. The van der Waals surface area contributed by atoms with E-state index in [0.29, 0.717) is 0 Å². The number of hydrogen-bond donors (Lipinski definition) is 0. The predicted molar refractivity (Wildman–Crippen MR) is 36.0 cm³/mol. The van der Waals surface area contributed by atoms with Crippen LogP contribution in [0.15, 0.2) is 24.4 Å². The van der Waals surface area contributed by atoms with E-state index in [1.165, 1.54) is 0 Å². The minimum Gasteiger partial charge on any atom is -0.332 e. The van der Waals surface area contributed by atoms with Crippen molar-refractivity contribution in [1.82, 2.24) is 5.06 Å². The first-order valence-electron chi connectivity index (χ1n) is 2.57. The number of nitrogens with zero attached hydrogens (tertiary/aromatic N) is 1. The third-order valence-electron chi connectivity index (χ3n) is 1.02. The fraction of sp³-hybridized carbons (Fsp3) is 0.200. The molecule has 0 aromatic heterocycles. The molecule has 0 aromatic carbocycles. The lowest BCUT2D eigenvalue weighted by Gasteiger charge is -2.16. The molecule has 0 unspecified atom stereocenters. The smallest absolute Gasteiger partial charge is 0.183 e. The van der Waals surface area contributed by atoms with Crippen molar-refractivity contribution < 1.29 is 4.53 Å². The lowest BCUT2D eigenvalue weighted by Crippen LogP contribution is -2.17. The van der Waals surface area contributed by atoms with Crippen LogP contribution in [0.25, 0.3) is 0 Å². The van der Waals surface area contributed by atoms with Gasteiger partial charge in [0.25, 0.3) is 0 Å². The Morgan fingerprint density at radius 3 is 2.75 bits per heavy atom. The van der Waals surface area contributed by atoms with E-state index in [1.54, 1.807) is 0 Å². The highest BCUT2D eigenvalue weighted by Gasteiger charge is 1.92. The molecule has 2 nitrogen and oxygen atoms in total. The fourth-order valence-electron chi connectivity index (χ4n) is 0.585. The molecule has 1 aliphatic rings. The summed E-state index contributed by atoms with van der Waals surface area (Å²) in [6.07, 6.45) is 7.95. The molecule has 44 valence electrons. The minimum atomic E-state index is 0.771. The summed E-state index contributed by atoms with van der Waals surface area (Å²) in [6.45, 7) is 0.889. The van der Waals surface area contributed by atoms with Gasteiger partial charge in [-0.05, 0) is 6.08 Å². The van der Waals surface area contributed by atoms with Crippen molar-refractivity contribution in [2.24, 2.45) is 0 Å². The van der Waals surface area contributed by atoms with Gasteiger partial charge < -0.3 is 4.53 Å². The Morgan fingerprint density at radius 1 is 1.50 bits per heavy atom. The van der Waals surface area contributed by atoms with Crippen molar-refractivity contribution in [3.05, 3.63) is 24.4 Å². The molecule has 0 saturated carbocycles. The van der Waals surface area contributed by atoms with Crippen molar-refractivity contribution in [2.45, 2.75) is 0 Å². The van der Waals surface area contributed by atoms with Crippen LogP contribution in [0.1, 0.15) is 0 Å². The van der Waals surface area contributed by atoms with Crippen LogP contribution in [0, 0.1) is 0 Å². The summed E-state index contributed by atoms with van der Waals surface area (Å²) in [6, 6.07) is 0. The Kier molecular flexibility index (Phi) is 1.88. The van der Waals surface area contributed by atoms with Crippen LogP contribution in [0.4, 0.5) is 0 Å². The van der Waals surface area contributed by atoms with Gasteiger partial charge >= 0.3 is 0 Å². The summed E-state index contributed by atoms with van der Waals surface area (Å²) in [7, 11) is 0.771. The van der Waals surface area contributed by atoms with Gasteiger partial charge in [0.2, 0.25) is 0 Å². The van der Waals surface area contributed by atoms with Crippen molar-refractivity contribution in [1.29, 1.82) is 0 Å². The average molecular weight is 127 g/mol. The Hall–Kier alpha value is -0.543. The van der Waals surface area contributed by atoms with E-state index in [2.05, 4.69) is 6.08 Å². The minimum absolute atomic E-state index is 0.771. The van der Waals surface area contributed by atoms with Gasteiger partial charge in [-0.1, -0.05) is 12.2 Å². The summed E-state index contributed by atoms with van der Waals surface area (Å²) in [5.41, 5.74) is 0. The highest BCUT2D eigenvalue weighted by atomic mass is 28.2. The second kappa shape index (κ2) is 2.69. The maximum absolute atomic E-state index is 5.03. The molecule has 0 aromatic rings. The van der Waals surface area contributed by atoms with Crippen LogP contribution >= 0.6 is 0 Å². The molecule has 8 heavy (non-hydrogen) atoms. The van der Waals surface area contributed by atoms with E-state index in [-0.39, 0.29) is 0 Å². The van der Waals surface area contributed by atoms with Crippen LogP contribution < -0.4 is 0 Å². The van der Waals surface area contributed by atoms with E-state index in [0.717, 1.165) is 17.0 Å².